The smallest absolute Gasteiger partial charge is 0.393 e. The van der Waals surface area contributed by atoms with Gasteiger partial charge in [0.05, 0.1) is 47.1 Å². The molecule has 0 saturated carbocycles. The van der Waals surface area contributed by atoms with Gasteiger partial charge >= 0.3 is 6.18 Å². The molecule has 1 saturated heterocycles. The lowest BCUT2D eigenvalue weighted by atomic mass is 10.0. The van der Waals surface area contributed by atoms with E-state index >= 15 is 0 Å². The number of benzene rings is 2. The van der Waals surface area contributed by atoms with Gasteiger partial charge in [0.25, 0.3) is 0 Å². The molecule has 2 atom stereocenters. The summed E-state index contributed by atoms with van der Waals surface area (Å²) in [7, 11) is -0.955. The van der Waals surface area contributed by atoms with E-state index < -0.39 is 32.0 Å². The highest BCUT2D eigenvalue weighted by molar-refractivity contribution is 7.70. The number of hydrogen-bond acceptors (Lipinski definition) is 6. The van der Waals surface area contributed by atoms with Gasteiger partial charge in [-0.05, 0) is 61.5 Å². The van der Waals surface area contributed by atoms with Crippen LogP contribution in [0.4, 0.5) is 28.9 Å². The second kappa shape index (κ2) is 12.4. The van der Waals surface area contributed by atoms with Gasteiger partial charge in [-0.1, -0.05) is 30.9 Å². The Labute approximate surface area is 236 Å². The van der Waals surface area contributed by atoms with Gasteiger partial charge in [-0.2, -0.15) is 13.2 Å². The molecular formula is C29H34F4N3O2PS. The molecular weight excluding hydrogens is 561 g/mol. The van der Waals surface area contributed by atoms with Crippen molar-refractivity contribution in [1.82, 2.24) is 4.90 Å². The number of alkyl halides is 4. The Morgan fingerprint density at radius 2 is 1.98 bits per heavy atom. The average Bonchev–Trinajstić information content (AvgIpc) is 3.23. The first kappa shape index (κ1) is 30.2. The van der Waals surface area contributed by atoms with Crippen LogP contribution in [0.1, 0.15) is 23.8 Å². The number of thiophene rings is 1. The summed E-state index contributed by atoms with van der Waals surface area (Å²) >= 11 is 1.19. The average molecular weight is 596 g/mol. The van der Waals surface area contributed by atoms with Crippen LogP contribution in [-0.2, 0) is 11.0 Å². The predicted molar refractivity (Wildman–Crippen MR) is 158 cm³/mol. The van der Waals surface area contributed by atoms with Crippen LogP contribution in [0, 0.1) is 11.8 Å². The van der Waals surface area contributed by atoms with Crippen molar-refractivity contribution in [2.24, 2.45) is 0 Å². The van der Waals surface area contributed by atoms with Crippen molar-refractivity contribution < 1.29 is 26.9 Å². The van der Waals surface area contributed by atoms with Gasteiger partial charge in [-0.15, -0.1) is 11.3 Å². The minimum Gasteiger partial charge on any atom is -0.495 e. The first-order valence-corrected chi connectivity index (χ1v) is 16.5. The number of nitrogens with one attached hydrogen (secondary N) is 2. The van der Waals surface area contributed by atoms with E-state index in [1.807, 2.05) is 11.8 Å². The molecule has 1 fully saturated rings. The molecule has 0 spiro atoms. The van der Waals surface area contributed by atoms with Crippen molar-refractivity contribution in [1.29, 1.82) is 0 Å². The third-order valence-electron chi connectivity index (χ3n) is 6.99. The maximum Gasteiger partial charge on any atom is 0.393 e. The largest absolute Gasteiger partial charge is 0.495 e. The lowest BCUT2D eigenvalue weighted by molar-refractivity contribution is -0.126. The van der Waals surface area contributed by atoms with E-state index in [0.29, 0.717) is 50.4 Å². The molecule has 2 aromatic carbocycles. The number of anilines is 2. The molecule has 0 bridgehead atoms. The van der Waals surface area contributed by atoms with E-state index in [9.17, 15) is 22.1 Å². The molecule has 1 aliphatic rings. The maximum atomic E-state index is 14.9. The Morgan fingerprint density at radius 1 is 1.20 bits per heavy atom. The molecule has 0 amide bonds. The molecule has 4 rings (SSSR count). The maximum absolute atomic E-state index is 14.9. The van der Waals surface area contributed by atoms with E-state index in [2.05, 4.69) is 22.5 Å². The molecule has 2 unspecified atom stereocenters. The summed E-state index contributed by atoms with van der Waals surface area (Å²) in [6, 6.07) is 9.98. The number of fused-ring (bicyclic) bond motifs is 1. The summed E-state index contributed by atoms with van der Waals surface area (Å²) in [5.41, 5.74) is 1.40. The molecule has 0 radical (unpaired) electrons. The van der Waals surface area contributed by atoms with Crippen LogP contribution in [0.5, 0.6) is 5.75 Å². The van der Waals surface area contributed by atoms with E-state index in [0.717, 1.165) is 13.1 Å². The van der Waals surface area contributed by atoms with Crippen LogP contribution < -0.4 is 20.7 Å². The lowest BCUT2D eigenvalue weighted by Crippen LogP contribution is -2.47. The highest BCUT2D eigenvalue weighted by Gasteiger charge is 2.32. The Balaban J connectivity index is 1.59. The number of halogens is 4. The minimum absolute atomic E-state index is 0.129. The summed E-state index contributed by atoms with van der Waals surface area (Å²) in [5.74, 6) is 6.38. The number of likely N-dealkylation sites (tertiary alicyclic amines) is 1. The van der Waals surface area contributed by atoms with Gasteiger partial charge < -0.3 is 24.8 Å². The zero-order valence-electron chi connectivity index (χ0n) is 23.0. The fourth-order valence-corrected chi connectivity index (χ4v) is 6.84. The van der Waals surface area contributed by atoms with E-state index in [1.54, 1.807) is 49.7 Å². The van der Waals surface area contributed by atoms with Crippen LogP contribution in [0.3, 0.4) is 0 Å². The van der Waals surface area contributed by atoms with Crippen LogP contribution in [0.15, 0.2) is 36.4 Å². The van der Waals surface area contributed by atoms with Gasteiger partial charge in [0, 0.05) is 18.4 Å². The summed E-state index contributed by atoms with van der Waals surface area (Å²) in [5, 5.41) is 7.56. The normalized spacial score (nSPS) is 18.3. The SMILES string of the molecule is CCN1CCC(Nc2cccc3c(CC(F)(F)F)c(C#CCNc4ccc(P(C)(C)=O)cc4OC)sc23)C(F)C1. The number of rotatable bonds is 8. The van der Waals surface area contributed by atoms with Crippen molar-refractivity contribution in [2.75, 3.05) is 57.3 Å². The van der Waals surface area contributed by atoms with Gasteiger partial charge in [-0.3, -0.25) is 0 Å². The fourth-order valence-electron chi connectivity index (χ4n) is 4.80. The molecule has 11 heteroatoms. The number of piperidine rings is 1. The van der Waals surface area contributed by atoms with Gasteiger partial charge in [0.2, 0.25) is 0 Å². The summed E-state index contributed by atoms with van der Waals surface area (Å²) in [6.45, 7) is 7.39. The Morgan fingerprint density at radius 3 is 2.62 bits per heavy atom. The zero-order chi connectivity index (χ0) is 29.1. The Bertz CT molecular complexity index is 1460. The number of methoxy groups -OCH3 is 1. The predicted octanol–water partition coefficient (Wildman–Crippen LogP) is 6.57. The fraction of sp³-hybridized carbons (Fsp3) is 0.448. The van der Waals surface area contributed by atoms with Crippen molar-refractivity contribution in [3.8, 4) is 17.6 Å². The summed E-state index contributed by atoms with van der Waals surface area (Å²) < 4.78 is 74.0. The van der Waals surface area contributed by atoms with Crippen LogP contribution in [-0.4, -0.2) is 69.9 Å². The van der Waals surface area contributed by atoms with Crippen LogP contribution in [0.25, 0.3) is 10.1 Å². The van der Waals surface area contributed by atoms with Crippen molar-refractivity contribution in [2.45, 2.75) is 38.2 Å². The molecule has 0 aliphatic carbocycles. The van der Waals surface area contributed by atoms with Gasteiger partial charge in [0.1, 0.15) is 19.1 Å². The molecule has 1 aliphatic heterocycles. The summed E-state index contributed by atoms with van der Waals surface area (Å²) in [4.78, 5) is 2.38. The highest BCUT2D eigenvalue weighted by atomic mass is 32.1. The van der Waals surface area contributed by atoms with Crippen molar-refractivity contribution in [3.63, 3.8) is 0 Å². The topological polar surface area (TPSA) is 53.6 Å². The highest BCUT2D eigenvalue weighted by Crippen LogP contribution is 2.40. The van der Waals surface area contributed by atoms with Gasteiger partial charge in [0.15, 0.2) is 0 Å². The van der Waals surface area contributed by atoms with Crippen LogP contribution in [0.2, 0.25) is 0 Å². The van der Waals surface area contributed by atoms with Crippen molar-refractivity contribution in [3.05, 3.63) is 46.8 Å². The molecule has 2 heterocycles. The van der Waals surface area contributed by atoms with E-state index in [4.69, 9.17) is 4.74 Å². The second-order valence-electron chi connectivity index (χ2n) is 10.2. The molecule has 40 heavy (non-hydrogen) atoms. The molecule has 2 N–H and O–H groups in total. The number of hydrogen-bond donors (Lipinski definition) is 2. The van der Waals surface area contributed by atoms with E-state index in [1.165, 1.54) is 18.4 Å². The van der Waals surface area contributed by atoms with Gasteiger partial charge in [-0.25, -0.2) is 4.39 Å². The Kier molecular flexibility index (Phi) is 9.39. The second-order valence-corrected chi connectivity index (χ2v) is 14.5. The molecule has 1 aromatic heterocycles. The lowest BCUT2D eigenvalue weighted by Gasteiger charge is -2.35. The first-order chi connectivity index (χ1) is 18.9. The minimum atomic E-state index is -4.41. The number of ether oxygens (including phenoxy) is 1. The standard InChI is InChI=1S/C29H34F4N3O2PS/c1-5-36-15-13-23(22(30)18-36)35-25-9-6-8-20-21(17-29(31,32)33)27(40-28(20)25)10-7-14-34-24-12-11-19(39(3,4)37)16-26(24)38-2/h6,8-9,11-12,16,22-23,34-35H,5,13-15,17-18H2,1-4H3. The van der Waals surface area contributed by atoms with Crippen molar-refractivity contribution >= 4 is 45.2 Å². The third-order valence-corrected chi connectivity index (χ3v) is 9.70. The number of nitrogens with zero attached hydrogens (tertiary/aromatic N) is 1. The van der Waals surface area contributed by atoms with E-state index in [-0.39, 0.29) is 12.1 Å². The third kappa shape index (κ3) is 7.31. The Hall–Kier alpha value is -2.73. The quantitative estimate of drug-likeness (QED) is 0.175. The zero-order valence-corrected chi connectivity index (χ0v) is 24.7. The first-order valence-electron chi connectivity index (χ1n) is 13.1. The summed E-state index contributed by atoms with van der Waals surface area (Å²) in [6.07, 6.45) is -5.96. The molecule has 3 aromatic rings. The monoisotopic (exact) mass is 595 g/mol. The molecule has 216 valence electrons. The van der Waals surface area contributed by atoms with Crippen LogP contribution >= 0.6 is 18.5 Å². The molecule has 5 nitrogen and oxygen atoms in total.